The van der Waals surface area contributed by atoms with Gasteiger partial charge >= 0.3 is 0 Å². The third-order valence-corrected chi connectivity index (χ3v) is 4.47. The van der Waals surface area contributed by atoms with Crippen LogP contribution in [0.25, 0.3) is 33.5 Å². The van der Waals surface area contributed by atoms with Crippen molar-refractivity contribution >= 4 is 0 Å². The predicted molar refractivity (Wildman–Crippen MR) is 107 cm³/mol. The first kappa shape index (κ1) is 16.1. The summed E-state index contributed by atoms with van der Waals surface area (Å²) < 4.78 is 5.30. The molecule has 0 radical (unpaired) electrons. The molecule has 0 fully saturated rings. The highest BCUT2D eigenvalue weighted by atomic mass is 16.5. The van der Waals surface area contributed by atoms with Gasteiger partial charge < -0.3 is 4.74 Å². The zero-order chi connectivity index (χ0) is 17.8. The highest BCUT2D eigenvalue weighted by molar-refractivity contribution is 5.93. The summed E-state index contributed by atoms with van der Waals surface area (Å²) in [5.41, 5.74) is 6.78. The lowest BCUT2D eigenvalue weighted by atomic mass is 9.90. The molecule has 0 aliphatic carbocycles. The lowest BCUT2D eigenvalue weighted by molar-refractivity contribution is 0.415. The van der Waals surface area contributed by atoms with E-state index in [-0.39, 0.29) is 0 Å². The topological polar surface area (TPSA) is 22.1 Å². The molecule has 2 heteroatoms. The van der Waals surface area contributed by atoms with Gasteiger partial charge in [0.25, 0.3) is 0 Å². The van der Waals surface area contributed by atoms with Crippen molar-refractivity contribution in [3.63, 3.8) is 0 Å². The summed E-state index contributed by atoms with van der Waals surface area (Å²) in [5.74, 6) is 0.854. The largest absolute Gasteiger partial charge is 0.497 e. The number of hydrogen-bond donors (Lipinski definition) is 0. The zero-order valence-electron chi connectivity index (χ0n) is 14.6. The Labute approximate surface area is 153 Å². The van der Waals surface area contributed by atoms with Crippen LogP contribution in [-0.4, -0.2) is 12.1 Å². The van der Waals surface area contributed by atoms with Gasteiger partial charge in [0.1, 0.15) is 5.75 Å². The average Bonchev–Trinajstić information content (AvgIpc) is 2.74. The molecule has 126 valence electrons. The van der Waals surface area contributed by atoms with E-state index in [1.807, 2.05) is 36.5 Å². The Morgan fingerprint density at radius 2 is 1.27 bits per heavy atom. The van der Waals surface area contributed by atoms with Gasteiger partial charge in [0.2, 0.25) is 0 Å². The number of pyridine rings is 1. The summed E-state index contributed by atoms with van der Waals surface area (Å²) in [6.45, 7) is 0. The van der Waals surface area contributed by atoms with Crippen LogP contribution in [-0.2, 0) is 0 Å². The fourth-order valence-electron chi connectivity index (χ4n) is 3.21. The number of rotatable bonds is 4. The van der Waals surface area contributed by atoms with Gasteiger partial charge in [-0.05, 0) is 46.5 Å². The molecule has 0 amide bonds. The molecule has 1 heterocycles. The van der Waals surface area contributed by atoms with Gasteiger partial charge in [-0.25, -0.2) is 0 Å². The lowest BCUT2D eigenvalue weighted by Crippen LogP contribution is -1.92. The standard InChI is InChI=1S/C24H19NO/c1-26-20-15-13-19(14-16-20)22-11-7-10-21(18-8-3-2-4-9-18)24(22)23-12-5-6-17-25-23/h2-17H,1H3. The number of ether oxygens (including phenoxy) is 1. The van der Waals surface area contributed by atoms with E-state index in [1.54, 1.807) is 7.11 Å². The Bertz CT molecular complexity index is 993. The van der Waals surface area contributed by atoms with Gasteiger partial charge in [0, 0.05) is 11.8 Å². The number of nitrogens with zero attached hydrogens (tertiary/aromatic N) is 1. The van der Waals surface area contributed by atoms with Crippen LogP contribution in [0.4, 0.5) is 0 Å². The molecule has 1 aromatic heterocycles. The Balaban J connectivity index is 1.97. The number of methoxy groups -OCH3 is 1. The zero-order valence-corrected chi connectivity index (χ0v) is 14.6. The highest BCUT2D eigenvalue weighted by Gasteiger charge is 2.14. The minimum Gasteiger partial charge on any atom is -0.497 e. The molecule has 4 rings (SSSR count). The monoisotopic (exact) mass is 337 g/mol. The third kappa shape index (κ3) is 3.09. The molecule has 0 atom stereocenters. The maximum atomic E-state index is 5.30. The fraction of sp³-hybridized carbons (Fsp3) is 0.0417. The second-order valence-corrected chi connectivity index (χ2v) is 6.04. The molecule has 0 bridgehead atoms. The van der Waals surface area contributed by atoms with Crippen LogP contribution in [0.15, 0.2) is 97.2 Å². The Hall–Kier alpha value is -3.39. The van der Waals surface area contributed by atoms with Crippen LogP contribution in [0, 0.1) is 0 Å². The summed E-state index contributed by atoms with van der Waals surface area (Å²) in [6.07, 6.45) is 1.84. The first-order chi connectivity index (χ1) is 12.9. The van der Waals surface area contributed by atoms with Crippen molar-refractivity contribution in [2.24, 2.45) is 0 Å². The van der Waals surface area contributed by atoms with Crippen LogP contribution < -0.4 is 4.74 Å². The van der Waals surface area contributed by atoms with Gasteiger partial charge in [-0.3, -0.25) is 4.98 Å². The SMILES string of the molecule is COc1ccc(-c2cccc(-c3ccccc3)c2-c2ccccn2)cc1. The van der Waals surface area contributed by atoms with E-state index in [0.717, 1.165) is 28.1 Å². The molecule has 0 spiro atoms. The summed E-state index contributed by atoms with van der Waals surface area (Å²) >= 11 is 0. The van der Waals surface area contributed by atoms with E-state index in [4.69, 9.17) is 4.74 Å². The Morgan fingerprint density at radius 3 is 1.88 bits per heavy atom. The van der Waals surface area contributed by atoms with Crippen LogP contribution in [0.3, 0.4) is 0 Å². The molecule has 0 aliphatic rings. The lowest BCUT2D eigenvalue weighted by Gasteiger charge is -2.15. The summed E-state index contributed by atoms with van der Waals surface area (Å²) in [5, 5.41) is 0. The van der Waals surface area contributed by atoms with Gasteiger partial charge in [-0.15, -0.1) is 0 Å². The van der Waals surface area contributed by atoms with Gasteiger partial charge in [0.05, 0.1) is 12.8 Å². The van der Waals surface area contributed by atoms with Crippen molar-refractivity contribution in [1.29, 1.82) is 0 Å². The molecule has 2 nitrogen and oxygen atoms in total. The van der Waals surface area contributed by atoms with Crippen molar-refractivity contribution in [2.45, 2.75) is 0 Å². The summed E-state index contributed by atoms with van der Waals surface area (Å²) in [6, 6.07) is 31.1. The maximum absolute atomic E-state index is 5.30. The molecule has 0 saturated heterocycles. The molecular formula is C24H19NO. The number of hydrogen-bond acceptors (Lipinski definition) is 2. The molecular weight excluding hydrogens is 318 g/mol. The van der Waals surface area contributed by atoms with Crippen molar-refractivity contribution < 1.29 is 4.74 Å². The van der Waals surface area contributed by atoms with E-state index >= 15 is 0 Å². The molecule has 4 aromatic rings. The van der Waals surface area contributed by atoms with Crippen molar-refractivity contribution in [3.05, 3.63) is 97.2 Å². The fourth-order valence-corrected chi connectivity index (χ4v) is 3.21. The first-order valence-electron chi connectivity index (χ1n) is 8.61. The smallest absolute Gasteiger partial charge is 0.118 e. The highest BCUT2D eigenvalue weighted by Crippen LogP contribution is 2.39. The second-order valence-electron chi connectivity index (χ2n) is 6.04. The van der Waals surface area contributed by atoms with E-state index in [1.165, 1.54) is 11.1 Å². The van der Waals surface area contributed by atoms with Crippen molar-refractivity contribution in [3.8, 4) is 39.3 Å². The number of aromatic nitrogens is 1. The normalized spacial score (nSPS) is 10.5. The quantitative estimate of drug-likeness (QED) is 0.449. The maximum Gasteiger partial charge on any atom is 0.118 e. The third-order valence-electron chi connectivity index (χ3n) is 4.47. The minimum absolute atomic E-state index is 0.854. The second kappa shape index (κ2) is 7.24. The Morgan fingerprint density at radius 1 is 0.615 bits per heavy atom. The Kier molecular flexibility index (Phi) is 4.48. The molecule has 3 aromatic carbocycles. The van der Waals surface area contributed by atoms with Crippen LogP contribution >= 0.6 is 0 Å². The summed E-state index contributed by atoms with van der Waals surface area (Å²) in [4.78, 5) is 4.63. The van der Waals surface area contributed by atoms with Crippen LogP contribution in [0.2, 0.25) is 0 Å². The molecule has 0 unspecified atom stereocenters. The van der Waals surface area contributed by atoms with Gasteiger partial charge in [0.15, 0.2) is 0 Å². The first-order valence-corrected chi connectivity index (χ1v) is 8.61. The van der Waals surface area contributed by atoms with Crippen molar-refractivity contribution in [2.75, 3.05) is 7.11 Å². The molecule has 0 aliphatic heterocycles. The minimum atomic E-state index is 0.854. The van der Waals surface area contributed by atoms with Crippen LogP contribution in [0.1, 0.15) is 0 Å². The van der Waals surface area contributed by atoms with Crippen LogP contribution in [0.5, 0.6) is 5.75 Å². The molecule has 0 saturated carbocycles. The van der Waals surface area contributed by atoms with Gasteiger partial charge in [-0.1, -0.05) is 66.7 Å². The van der Waals surface area contributed by atoms with E-state index in [9.17, 15) is 0 Å². The average molecular weight is 337 g/mol. The van der Waals surface area contributed by atoms with E-state index in [2.05, 4.69) is 65.6 Å². The van der Waals surface area contributed by atoms with Crippen molar-refractivity contribution in [1.82, 2.24) is 4.98 Å². The predicted octanol–water partition coefficient (Wildman–Crippen LogP) is 6.09. The molecule has 26 heavy (non-hydrogen) atoms. The van der Waals surface area contributed by atoms with Gasteiger partial charge in [-0.2, -0.15) is 0 Å². The molecule has 0 N–H and O–H groups in total. The van der Waals surface area contributed by atoms with E-state index < -0.39 is 0 Å². The van der Waals surface area contributed by atoms with E-state index in [0.29, 0.717) is 0 Å². The number of benzene rings is 3. The summed E-state index contributed by atoms with van der Waals surface area (Å²) in [7, 11) is 1.68.